The molecule has 1 saturated heterocycles. The Labute approximate surface area is 118 Å². The van der Waals surface area contributed by atoms with Crippen LogP contribution in [0.5, 0.6) is 0 Å². The minimum atomic E-state index is -0.0841. The smallest absolute Gasteiger partial charge is 0.274 e. The van der Waals surface area contributed by atoms with E-state index < -0.39 is 0 Å². The van der Waals surface area contributed by atoms with Gasteiger partial charge >= 0.3 is 0 Å². The van der Waals surface area contributed by atoms with E-state index in [1.807, 2.05) is 4.90 Å². The molecular formula is C13H19ClN4O. The lowest BCUT2D eigenvalue weighted by molar-refractivity contribution is 0.0617. The van der Waals surface area contributed by atoms with Crippen LogP contribution in [0.4, 0.5) is 0 Å². The summed E-state index contributed by atoms with van der Waals surface area (Å²) in [7, 11) is 0. The Morgan fingerprint density at radius 3 is 2.58 bits per heavy atom. The summed E-state index contributed by atoms with van der Waals surface area (Å²) in [6.45, 7) is 8.80. The van der Waals surface area contributed by atoms with Gasteiger partial charge in [0.25, 0.3) is 5.91 Å². The highest BCUT2D eigenvalue weighted by molar-refractivity contribution is 6.29. The van der Waals surface area contributed by atoms with Crippen molar-refractivity contribution in [2.75, 3.05) is 32.7 Å². The number of hydrogen-bond acceptors (Lipinski definition) is 4. The van der Waals surface area contributed by atoms with E-state index in [4.69, 9.17) is 11.6 Å². The van der Waals surface area contributed by atoms with E-state index in [9.17, 15) is 4.79 Å². The fraction of sp³-hybridized carbons (Fsp3) is 0.615. The Morgan fingerprint density at radius 2 is 2.00 bits per heavy atom. The van der Waals surface area contributed by atoms with Gasteiger partial charge in [0, 0.05) is 32.7 Å². The van der Waals surface area contributed by atoms with Crippen LogP contribution < -0.4 is 0 Å². The molecular weight excluding hydrogens is 264 g/mol. The molecule has 0 aliphatic carbocycles. The summed E-state index contributed by atoms with van der Waals surface area (Å²) in [6, 6.07) is 0. The lowest BCUT2D eigenvalue weighted by atomic mass is 10.2. The zero-order valence-corrected chi connectivity index (χ0v) is 12.1. The highest BCUT2D eigenvalue weighted by atomic mass is 35.5. The number of rotatable bonds is 3. The Balaban J connectivity index is 1.92. The molecule has 1 amide bonds. The highest BCUT2D eigenvalue weighted by Crippen LogP contribution is 2.10. The summed E-state index contributed by atoms with van der Waals surface area (Å²) in [6.07, 6.45) is 2.90. The first-order chi connectivity index (χ1) is 9.06. The lowest BCUT2D eigenvalue weighted by Crippen LogP contribution is -2.49. The van der Waals surface area contributed by atoms with E-state index in [0.29, 0.717) is 11.6 Å². The van der Waals surface area contributed by atoms with E-state index in [-0.39, 0.29) is 11.1 Å². The van der Waals surface area contributed by atoms with Gasteiger partial charge in [-0.05, 0) is 5.92 Å². The SMILES string of the molecule is CC(C)CN1CCN(C(=O)c2cncc(Cl)n2)CC1. The third kappa shape index (κ3) is 3.88. The third-order valence-corrected chi connectivity index (χ3v) is 3.29. The van der Waals surface area contributed by atoms with Crippen LogP contribution in [0.25, 0.3) is 0 Å². The maximum atomic E-state index is 12.2. The van der Waals surface area contributed by atoms with Crippen molar-refractivity contribution in [3.63, 3.8) is 0 Å². The fourth-order valence-corrected chi connectivity index (χ4v) is 2.40. The van der Waals surface area contributed by atoms with E-state index in [1.54, 1.807) is 0 Å². The number of aromatic nitrogens is 2. The average Bonchev–Trinajstić information content (AvgIpc) is 2.38. The second-order valence-electron chi connectivity index (χ2n) is 5.21. The van der Waals surface area contributed by atoms with Crippen molar-refractivity contribution in [2.45, 2.75) is 13.8 Å². The Hall–Kier alpha value is -1.20. The summed E-state index contributed by atoms with van der Waals surface area (Å²) < 4.78 is 0. The van der Waals surface area contributed by atoms with Crippen LogP contribution in [0.1, 0.15) is 24.3 Å². The van der Waals surface area contributed by atoms with Gasteiger partial charge in [0.2, 0.25) is 0 Å². The number of halogens is 1. The maximum absolute atomic E-state index is 12.2. The quantitative estimate of drug-likeness (QED) is 0.844. The van der Waals surface area contributed by atoms with Crippen molar-refractivity contribution < 1.29 is 4.79 Å². The van der Waals surface area contributed by atoms with Crippen LogP contribution in [0, 0.1) is 5.92 Å². The number of hydrogen-bond donors (Lipinski definition) is 0. The van der Waals surface area contributed by atoms with Crippen molar-refractivity contribution in [1.29, 1.82) is 0 Å². The Kier molecular flexibility index (Phi) is 4.71. The van der Waals surface area contributed by atoms with Gasteiger partial charge in [0.1, 0.15) is 10.8 Å². The molecule has 1 aliphatic heterocycles. The first-order valence-corrected chi connectivity index (χ1v) is 6.93. The van der Waals surface area contributed by atoms with Crippen LogP contribution in [0.3, 0.4) is 0 Å². The third-order valence-electron chi connectivity index (χ3n) is 3.11. The molecule has 2 heterocycles. The van der Waals surface area contributed by atoms with E-state index in [2.05, 4.69) is 28.7 Å². The van der Waals surface area contributed by atoms with Crippen molar-refractivity contribution in [1.82, 2.24) is 19.8 Å². The molecule has 5 nitrogen and oxygen atoms in total. The lowest BCUT2D eigenvalue weighted by Gasteiger charge is -2.35. The molecule has 2 rings (SSSR count). The number of carbonyl (C=O) groups is 1. The van der Waals surface area contributed by atoms with Gasteiger partial charge in [-0.15, -0.1) is 0 Å². The largest absolute Gasteiger partial charge is 0.335 e. The molecule has 0 bridgehead atoms. The first-order valence-electron chi connectivity index (χ1n) is 6.55. The van der Waals surface area contributed by atoms with Gasteiger partial charge in [-0.25, -0.2) is 4.98 Å². The standard InChI is InChI=1S/C13H19ClN4O/c1-10(2)9-17-3-5-18(6-4-17)13(19)11-7-15-8-12(14)16-11/h7-8,10H,3-6,9H2,1-2H3. The molecule has 0 saturated carbocycles. The number of nitrogens with zero attached hydrogens (tertiary/aromatic N) is 4. The first kappa shape index (κ1) is 14.2. The van der Waals surface area contributed by atoms with Gasteiger partial charge in [0.05, 0.1) is 12.4 Å². The molecule has 1 aliphatic rings. The van der Waals surface area contributed by atoms with Crippen molar-refractivity contribution in [3.8, 4) is 0 Å². The van der Waals surface area contributed by atoms with Crippen LogP contribution in [0.15, 0.2) is 12.4 Å². The summed E-state index contributed by atoms with van der Waals surface area (Å²) in [5, 5.41) is 0.254. The zero-order valence-electron chi connectivity index (χ0n) is 11.3. The number of piperazine rings is 1. The van der Waals surface area contributed by atoms with Crippen molar-refractivity contribution in [2.24, 2.45) is 5.92 Å². The van der Waals surface area contributed by atoms with E-state index >= 15 is 0 Å². The molecule has 1 fully saturated rings. The summed E-state index contributed by atoms with van der Waals surface area (Å²) in [5.41, 5.74) is 0.324. The highest BCUT2D eigenvalue weighted by Gasteiger charge is 2.23. The zero-order chi connectivity index (χ0) is 13.8. The molecule has 19 heavy (non-hydrogen) atoms. The average molecular weight is 283 g/mol. The normalized spacial score (nSPS) is 16.9. The van der Waals surface area contributed by atoms with Crippen molar-refractivity contribution in [3.05, 3.63) is 23.2 Å². The molecule has 0 spiro atoms. The van der Waals surface area contributed by atoms with Gasteiger partial charge in [-0.3, -0.25) is 14.7 Å². The van der Waals surface area contributed by atoms with Crippen LogP contribution >= 0.6 is 11.6 Å². The van der Waals surface area contributed by atoms with Crippen LogP contribution in [0.2, 0.25) is 5.15 Å². The molecule has 0 aromatic carbocycles. The minimum Gasteiger partial charge on any atom is -0.335 e. The predicted octanol–water partition coefficient (Wildman–Crippen LogP) is 1.54. The van der Waals surface area contributed by atoms with E-state index in [1.165, 1.54) is 12.4 Å². The maximum Gasteiger partial charge on any atom is 0.274 e. The molecule has 1 aromatic heterocycles. The molecule has 6 heteroatoms. The van der Waals surface area contributed by atoms with Crippen LogP contribution in [-0.4, -0.2) is 58.4 Å². The number of amides is 1. The summed E-state index contributed by atoms with van der Waals surface area (Å²) in [4.78, 5) is 24.3. The Morgan fingerprint density at radius 1 is 1.32 bits per heavy atom. The topological polar surface area (TPSA) is 49.3 Å². The minimum absolute atomic E-state index is 0.0841. The molecule has 0 N–H and O–H groups in total. The second-order valence-corrected chi connectivity index (χ2v) is 5.60. The molecule has 104 valence electrons. The van der Waals surface area contributed by atoms with Crippen LogP contribution in [-0.2, 0) is 0 Å². The van der Waals surface area contributed by atoms with Gasteiger partial charge in [-0.2, -0.15) is 0 Å². The molecule has 1 aromatic rings. The Bertz CT molecular complexity index is 444. The monoisotopic (exact) mass is 282 g/mol. The fourth-order valence-electron chi connectivity index (χ4n) is 2.26. The number of carbonyl (C=O) groups excluding carboxylic acids is 1. The van der Waals surface area contributed by atoms with Gasteiger partial charge < -0.3 is 4.90 Å². The van der Waals surface area contributed by atoms with Gasteiger partial charge in [0.15, 0.2) is 0 Å². The molecule has 0 unspecified atom stereocenters. The summed E-state index contributed by atoms with van der Waals surface area (Å²) >= 11 is 5.76. The molecule has 0 atom stereocenters. The van der Waals surface area contributed by atoms with E-state index in [0.717, 1.165) is 32.7 Å². The van der Waals surface area contributed by atoms with Crippen molar-refractivity contribution >= 4 is 17.5 Å². The summed E-state index contributed by atoms with van der Waals surface area (Å²) in [5.74, 6) is 0.570. The molecule has 0 radical (unpaired) electrons. The van der Waals surface area contributed by atoms with Gasteiger partial charge in [-0.1, -0.05) is 25.4 Å². The predicted molar refractivity (Wildman–Crippen MR) is 74.2 cm³/mol. The second kappa shape index (κ2) is 6.30.